The summed E-state index contributed by atoms with van der Waals surface area (Å²) in [6.45, 7) is 4.99. The quantitative estimate of drug-likeness (QED) is 0.491. The van der Waals surface area contributed by atoms with E-state index >= 15 is 0 Å². The van der Waals surface area contributed by atoms with Gasteiger partial charge in [-0.05, 0) is 53.6 Å². The second-order valence-corrected chi connectivity index (χ2v) is 7.30. The van der Waals surface area contributed by atoms with Crippen LogP contribution in [0.2, 0.25) is 5.02 Å². The normalized spacial score (nSPS) is 10.6. The fourth-order valence-corrected chi connectivity index (χ4v) is 3.15. The van der Waals surface area contributed by atoms with Crippen LogP contribution < -0.4 is 20.1 Å². The highest BCUT2D eigenvalue weighted by Gasteiger charge is 2.15. The van der Waals surface area contributed by atoms with Gasteiger partial charge in [-0.2, -0.15) is 0 Å². The van der Waals surface area contributed by atoms with Crippen LogP contribution in [0.5, 0.6) is 11.5 Å². The van der Waals surface area contributed by atoms with E-state index in [1.165, 1.54) is 7.11 Å². The number of anilines is 2. The Morgan fingerprint density at radius 3 is 2.71 bits per heavy atom. The van der Waals surface area contributed by atoms with Gasteiger partial charge >= 0.3 is 0 Å². The maximum Gasteiger partial charge on any atom is 0.262 e. The van der Waals surface area contributed by atoms with Crippen LogP contribution in [0.4, 0.5) is 11.6 Å². The average molecular weight is 445 g/mol. The van der Waals surface area contributed by atoms with Crippen molar-refractivity contribution >= 4 is 29.1 Å². The summed E-state index contributed by atoms with van der Waals surface area (Å²) in [6.07, 6.45) is 0.920. The molecule has 0 aliphatic rings. The van der Waals surface area contributed by atoms with Gasteiger partial charge in [-0.25, -0.2) is 4.68 Å². The predicted octanol–water partition coefficient (Wildman–Crippen LogP) is 3.68. The Morgan fingerprint density at radius 2 is 2.00 bits per heavy atom. The van der Waals surface area contributed by atoms with Crippen LogP contribution in [0, 0.1) is 6.92 Å². The van der Waals surface area contributed by atoms with Gasteiger partial charge in [0.1, 0.15) is 0 Å². The lowest BCUT2D eigenvalue weighted by Gasteiger charge is -2.15. The fourth-order valence-electron chi connectivity index (χ4n) is 2.86. The van der Waals surface area contributed by atoms with Crippen molar-refractivity contribution < 1.29 is 14.3 Å². The van der Waals surface area contributed by atoms with Crippen molar-refractivity contribution in [2.75, 3.05) is 24.4 Å². The summed E-state index contributed by atoms with van der Waals surface area (Å²) in [5.74, 6) is 1.02. The van der Waals surface area contributed by atoms with Gasteiger partial charge in [0.15, 0.2) is 18.1 Å². The molecule has 0 radical (unpaired) electrons. The minimum absolute atomic E-state index is 0.201. The van der Waals surface area contributed by atoms with Crippen LogP contribution in [-0.2, 0) is 17.9 Å². The number of carbonyl (C=O) groups is 1. The summed E-state index contributed by atoms with van der Waals surface area (Å²) < 4.78 is 12.8. The molecule has 2 N–H and O–H groups in total. The highest BCUT2D eigenvalue weighted by atomic mass is 35.5. The van der Waals surface area contributed by atoms with Crippen LogP contribution in [0.3, 0.4) is 0 Å². The van der Waals surface area contributed by atoms with E-state index in [4.69, 9.17) is 21.1 Å². The molecule has 31 heavy (non-hydrogen) atoms. The van der Waals surface area contributed by atoms with E-state index in [-0.39, 0.29) is 12.5 Å². The first-order valence-corrected chi connectivity index (χ1v) is 10.2. The standard InChI is InChI=1S/C21H25ClN6O3/c1-4-9-28-21(25-26-27-28)23-12-15-10-17(22)20(18(11-15)30-3)31-13-19(29)24-16-7-5-14(2)6-8-16/h5-8,10-11H,4,9,12-13H2,1-3H3,(H,24,29)(H,23,25,27). The number of tetrazole rings is 1. The molecular weight excluding hydrogens is 420 g/mol. The van der Waals surface area contributed by atoms with Crippen LogP contribution in [0.15, 0.2) is 36.4 Å². The molecule has 3 aromatic rings. The molecule has 0 saturated carbocycles. The monoisotopic (exact) mass is 444 g/mol. The van der Waals surface area contributed by atoms with Gasteiger partial charge in [0, 0.05) is 18.8 Å². The molecule has 2 aromatic carbocycles. The molecule has 0 atom stereocenters. The number of amides is 1. The summed E-state index contributed by atoms with van der Waals surface area (Å²) >= 11 is 6.41. The Bertz CT molecular complexity index is 1020. The zero-order chi connectivity index (χ0) is 22.2. The SMILES string of the molecule is CCCn1nnnc1NCc1cc(Cl)c(OCC(=O)Nc2ccc(C)cc2)c(OC)c1. The van der Waals surface area contributed by atoms with Crippen molar-refractivity contribution in [3.05, 3.63) is 52.5 Å². The largest absolute Gasteiger partial charge is 0.493 e. The van der Waals surface area contributed by atoms with Gasteiger partial charge in [0.2, 0.25) is 5.95 Å². The molecule has 164 valence electrons. The third kappa shape index (κ3) is 6.08. The molecule has 3 rings (SSSR count). The zero-order valence-electron chi connectivity index (χ0n) is 17.7. The van der Waals surface area contributed by atoms with E-state index in [1.54, 1.807) is 16.8 Å². The number of benzene rings is 2. The molecule has 0 aliphatic heterocycles. The smallest absolute Gasteiger partial charge is 0.262 e. The second kappa shape index (κ2) is 10.6. The summed E-state index contributed by atoms with van der Waals surface area (Å²) in [5.41, 5.74) is 2.66. The van der Waals surface area contributed by atoms with Crippen molar-refractivity contribution in [3.8, 4) is 11.5 Å². The van der Waals surface area contributed by atoms with E-state index in [0.717, 1.165) is 24.1 Å². The molecule has 10 heteroatoms. The average Bonchev–Trinajstić information content (AvgIpc) is 3.20. The van der Waals surface area contributed by atoms with Gasteiger partial charge in [0.25, 0.3) is 5.91 Å². The molecule has 0 saturated heterocycles. The molecule has 0 aliphatic carbocycles. The first kappa shape index (κ1) is 22.4. The number of aromatic nitrogens is 4. The van der Waals surface area contributed by atoms with Crippen LogP contribution in [0.1, 0.15) is 24.5 Å². The summed E-state index contributed by atoms with van der Waals surface area (Å²) in [5, 5.41) is 17.9. The zero-order valence-corrected chi connectivity index (χ0v) is 18.4. The molecule has 9 nitrogen and oxygen atoms in total. The van der Waals surface area contributed by atoms with Crippen LogP contribution >= 0.6 is 11.6 Å². The maximum atomic E-state index is 12.2. The van der Waals surface area contributed by atoms with Gasteiger partial charge < -0.3 is 20.1 Å². The number of hydrogen-bond acceptors (Lipinski definition) is 7. The summed E-state index contributed by atoms with van der Waals surface area (Å²) in [6, 6.07) is 11.0. The third-order valence-electron chi connectivity index (χ3n) is 4.39. The molecule has 0 unspecified atom stereocenters. The van der Waals surface area contributed by atoms with Gasteiger partial charge in [-0.15, -0.1) is 0 Å². The lowest BCUT2D eigenvalue weighted by Crippen LogP contribution is -2.20. The number of rotatable bonds is 10. The Kier molecular flexibility index (Phi) is 7.66. The second-order valence-electron chi connectivity index (χ2n) is 6.89. The number of ether oxygens (including phenoxy) is 2. The van der Waals surface area contributed by atoms with E-state index < -0.39 is 0 Å². The number of hydrogen-bond donors (Lipinski definition) is 2. The minimum Gasteiger partial charge on any atom is -0.493 e. The summed E-state index contributed by atoms with van der Waals surface area (Å²) in [4.78, 5) is 12.2. The molecule has 1 aromatic heterocycles. The van der Waals surface area contributed by atoms with E-state index in [1.807, 2.05) is 31.2 Å². The molecule has 0 spiro atoms. The van der Waals surface area contributed by atoms with Gasteiger partial charge in [-0.3, -0.25) is 4.79 Å². The molecule has 1 amide bonds. The highest BCUT2D eigenvalue weighted by molar-refractivity contribution is 6.32. The number of carbonyl (C=O) groups excluding carboxylic acids is 1. The van der Waals surface area contributed by atoms with E-state index in [9.17, 15) is 4.79 Å². The van der Waals surface area contributed by atoms with Crippen LogP contribution in [-0.4, -0.2) is 39.8 Å². The van der Waals surface area contributed by atoms with Crippen molar-refractivity contribution in [1.29, 1.82) is 0 Å². The van der Waals surface area contributed by atoms with Crippen molar-refractivity contribution in [2.24, 2.45) is 0 Å². The number of aryl methyl sites for hydroxylation is 2. The number of methoxy groups -OCH3 is 1. The topological polar surface area (TPSA) is 103 Å². The van der Waals surface area contributed by atoms with Crippen molar-refractivity contribution in [2.45, 2.75) is 33.4 Å². The maximum absolute atomic E-state index is 12.2. The Hall–Kier alpha value is -3.33. The molecular formula is C21H25ClN6O3. The third-order valence-corrected chi connectivity index (χ3v) is 4.67. The lowest BCUT2D eigenvalue weighted by atomic mass is 10.2. The molecule has 0 bridgehead atoms. The first-order valence-electron chi connectivity index (χ1n) is 9.86. The predicted molar refractivity (Wildman–Crippen MR) is 119 cm³/mol. The van der Waals surface area contributed by atoms with Crippen LogP contribution in [0.25, 0.3) is 0 Å². The number of nitrogens with one attached hydrogen (secondary N) is 2. The van der Waals surface area contributed by atoms with E-state index in [2.05, 4.69) is 33.1 Å². The minimum atomic E-state index is -0.296. The molecule has 1 heterocycles. The van der Waals surface area contributed by atoms with Gasteiger partial charge in [-0.1, -0.05) is 41.3 Å². The summed E-state index contributed by atoms with van der Waals surface area (Å²) in [7, 11) is 1.52. The van der Waals surface area contributed by atoms with Gasteiger partial charge in [0.05, 0.1) is 12.1 Å². The Labute approximate surface area is 185 Å². The first-order chi connectivity index (χ1) is 15.0. The highest BCUT2D eigenvalue weighted by Crippen LogP contribution is 2.36. The number of halogens is 1. The molecule has 0 fully saturated rings. The van der Waals surface area contributed by atoms with Crippen molar-refractivity contribution in [1.82, 2.24) is 20.2 Å². The Morgan fingerprint density at radius 1 is 1.23 bits per heavy atom. The van der Waals surface area contributed by atoms with E-state index in [0.29, 0.717) is 34.7 Å². The Balaban J connectivity index is 1.62. The van der Waals surface area contributed by atoms with Crippen molar-refractivity contribution in [3.63, 3.8) is 0 Å². The number of nitrogens with zero attached hydrogens (tertiary/aromatic N) is 4. The lowest BCUT2D eigenvalue weighted by molar-refractivity contribution is -0.118. The fraction of sp³-hybridized carbons (Fsp3) is 0.333.